The number of carbonyl (C=O) groups is 1. The summed E-state index contributed by atoms with van der Waals surface area (Å²) >= 11 is 0. The van der Waals surface area contributed by atoms with Crippen LogP contribution in [0.25, 0.3) is 0 Å². The van der Waals surface area contributed by atoms with Crippen LogP contribution < -0.4 is 0 Å². The maximum atomic E-state index is 12.7. The molecule has 1 rings (SSSR count). The molecule has 0 aliphatic carbocycles. The van der Waals surface area contributed by atoms with Gasteiger partial charge in [0.15, 0.2) is 0 Å². The molecule has 1 aliphatic heterocycles. The molecule has 0 bridgehead atoms. The number of alkyl halides is 1. The van der Waals surface area contributed by atoms with Gasteiger partial charge in [-0.3, -0.25) is 0 Å². The number of carboxylic acids is 1. The summed E-state index contributed by atoms with van der Waals surface area (Å²) < 4.78 is 12.7. The summed E-state index contributed by atoms with van der Waals surface area (Å²) in [7, 11) is 0. The van der Waals surface area contributed by atoms with Crippen LogP contribution in [0.2, 0.25) is 0 Å². The van der Waals surface area contributed by atoms with Crippen molar-refractivity contribution in [3.8, 4) is 0 Å². The third-order valence-electron chi connectivity index (χ3n) is 2.39. The van der Waals surface area contributed by atoms with Crippen molar-refractivity contribution in [2.24, 2.45) is 0 Å². The fourth-order valence-corrected chi connectivity index (χ4v) is 1.57. The summed E-state index contributed by atoms with van der Waals surface area (Å²) in [5.41, 5.74) is 0. The number of nitrogens with zero attached hydrogens (tertiary/aromatic N) is 1. The van der Waals surface area contributed by atoms with Crippen LogP contribution in [-0.4, -0.2) is 41.8 Å². The first-order chi connectivity index (χ1) is 6.68. The first kappa shape index (κ1) is 11.2. The molecule has 4 heteroatoms. The fourth-order valence-electron chi connectivity index (χ4n) is 1.57. The quantitative estimate of drug-likeness (QED) is 0.700. The molecule has 3 nitrogen and oxygen atoms in total. The van der Waals surface area contributed by atoms with Gasteiger partial charge in [0.1, 0.15) is 6.17 Å². The zero-order valence-electron chi connectivity index (χ0n) is 8.16. The Kier molecular flexibility index (Phi) is 4.59. The van der Waals surface area contributed by atoms with E-state index in [1.54, 1.807) is 6.08 Å². The van der Waals surface area contributed by atoms with E-state index in [1.807, 2.05) is 0 Å². The monoisotopic (exact) mass is 201 g/mol. The van der Waals surface area contributed by atoms with Crippen LogP contribution in [0.3, 0.4) is 0 Å². The van der Waals surface area contributed by atoms with Crippen molar-refractivity contribution in [2.45, 2.75) is 25.4 Å². The average molecular weight is 201 g/mol. The number of piperidine rings is 1. The molecule has 0 saturated carbocycles. The second-order valence-corrected chi connectivity index (χ2v) is 3.55. The number of aliphatic carboxylic acids is 1. The summed E-state index contributed by atoms with van der Waals surface area (Å²) in [5.74, 6) is -0.910. The van der Waals surface area contributed by atoms with Crippen molar-refractivity contribution in [2.75, 3.05) is 19.6 Å². The van der Waals surface area contributed by atoms with Gasteiger partial charge in [0, 0.05) is 25.7 Å². The summed E-state index contributed by atoms with van der Waals surface area (Å²) in [6.45, 7) is 2.42. The Hall–Kier alpha value is -0.900. The Morgan fingerprint density at radius 1 is 1.50 bits per heavy atom. The molecule has 0 spiro atoms. The highest BCUT2D eigenvalue weighted by Crippen LogP contribution is 2.13. The van der Waals surface area contributed by atoms with Gasteiger partial charge in [-0.25, -0.2) is 9.18 Å². The minimum Gasteiger partial charge on any atom is -0.478 e. The van der Waals surface area contributed by atoms with E-state index in [2.05, 4.69) is 4.90 Å². The summed E-state index contributed by atoms with van der Waals surface area (Å²) in [5, 5.41) is 8.34. The van der Waals surface area contributed by atoms with E-state index in [0.29, 0.717) is 12.8 Å². The van der Waals surface area contributed by atoms with Gasteiger partial charge in [0.05, 0.1) is 0 Å². The first-order valence-corrected chi connectivity index (χ1v) is 4.94. The maximum Gasteiger partial charge on any atom is 0.327 e. The molecule has 0 unspecified atom stereocenters. The predicted octanol–water partition coefficient (Wildman–Crippen LogP) is 1.45. The SMILES string of the molecule is O=C(O)/C=C/CCN1CCC(F)CC1. The third-order valence-corrected chi connectivity index (χ3v) is 2.39. The zero-order chi connectivity index (χ0) is 10.4. The predicted molar refractivity (Wildman–Crippen MR) is 52.0 cm³/mol. The van der Waals surface area contributed by atoms with Gasteiger partial charge in [-0.2, -0.15) is 0 Å². The molecule has 1 saturated heterocycles. The van der Waals surface area contributed by atoms with Gasteiger partial charge in [-0.05, 0) is 19.3 Å². The molecule has 1 aliphatic rings. The van der Waals surface area contributed by atoms with E-state index >= 15 is 0 Å². The van der Waals surface area contributed by atoms with Crippen molar-refractivity contribution >= 4 is 5.97 Å². The highest BCUT2D eigenvalue weighted by atomic mass is 19.1. The number of carboxylic acid groups (broad SMARTS) is 1. The van der Waals surface area contributed by atoms with Crippen LogP contribution in [0.5, 0.6) is 0 Å². The molecule has 0 amide bonds. The highest BCUT2D eigenvalue weighted by Gasteiger charge is 2.16. The average Bonchev–Trinajstić information content (AvgIpc) is 2.15. The first-order valence-electron chi connectivity index (χ1n) is 4.94. The van der Waals surface area contributed by atoms with Crippen LogP contribution >= 0.6 is 0 Å². The molecule has 80 valence electrons. The van der Waals surface area contributed by atoms with E-state index < -0.39 is 12.1 Å². The summed E-state index contributed by atoms with van der Waals surface area (Å²) in [6, 6.07) is 0. The summed E-state index contributed by atoms with van der Waals surface area (Å²) in [6.07, 6.45) is 4.11. The lowest BCUT2D eigenvalue weighted by atomic mass is 10.1. The Bertz CT molecular complexity index is 210. The van der Waals surface area contributed by atoms with E-state index in [4.69, 9.17) is 5.11 Å². The number of hydrogen-bond donors (Lipinski definition) is 1. The molecule has 1 fully saturated rings. The molecular formula is C10H16FNO2. The maximum absolute atomic E-state index is 12.7. The third kappa shape index (κ3) is 4.37. The molecule has 1 N–H and O–H groups in total. The van der Waals surface area contributed by atoms with Crippen LogP contribution in [0.4, 0.5) is 4.39 Å². The normalized spacial score (nSPS) is 20.4. The minimum atomic E-state index is -0.910. The van der Waals surface area contributed by atoms with Crippen LogP contribution in [0.1, 0.15) is 19.3 Å². The van der Waals surface area contributed by atoms with E-state index in [-0.39, 0.29) is 0 Å². The van der Waals surface area contributed by atoms with Gasteiger partial charge in [0.2, 0.25) is 0 Å². The van der Waals surface area contributed by atoms with Gasteiger partial charge < -0.3 is 10.0 Å². The zero-order valence-corrected chi connectivity index (χ0v) is 8.16. The van der Waals surface area contributed by atoms with E-state index in [9.17, 15) is 9.18 Å². The van der Waals surface area contributed by atoms with Gasteiger partial charge in [-0.15, -0.1) is 0 Å². The molecule has 0 radical (unpaired) electrons. The number of hydrogen-bond acceptors (Lipinski definition) is 2. The Morgan fingerprint density at radius 2 is 2.14 bits per heavy atom. The molecule has 14 heavy (non-hydrogen) atoms. The number of rotatable bonds is 4. The molecule has 0 aromatic heterocycles. The van der Waals surface area contributed by atoms with Crippen molar-refractivity contribution in [3.63, 3.8) is 0 Å². The molecule has 0 atom stereocenters. The van der Waals surface area contributed by atoms with E-state index in [0.717, 1.165) is 32.1 Å². The summed E-state index contributed by atoms with van der Waals surface area (Å²) in [4.78, 5) is 12.3. The smallest absolute Gasteiger partial charge is 0.327 e. The van der Waals surface area contributed by atoms with Gasteiger partial charge in [0.25, 0.3) is 0 Å². The lowest BCUT2D eigenvalue weighted by Gasteiger charge is -2.27. The van der Waals surface area contributed by atoms with Crippen molar-refractivity contribution in [3.05, 3.63) is 12.2 Å². The number of likely N-dealkylation sites (tertiary alicyclic amines) is 1. The van der Waals surface area contributed by atoms with Crippen LogP contribution in [0.15, 0.2) is 12.2 Å². The lowest BCUT2D eigenvalue weighted by Crippen LogP contribution is -2.34. The fraction of sp³-hybridized carbons (Fsp3) is 0.700. The minimum absolute atomic E-state index is 0.614. The van der Waals surface area contributed by atoms with Crippen LogP contribution in [0, 0.1) is 0 Å². The number of halogens is 1. The molecular weight excluding hydrogens is 185 g/mol. The van der Waals surface area contributed by atoms with Crippen molar-refractivity contribution < 1.29 is 14.3 Å². The second kappa shape index (κ2) is 5.75. The lowest BCUT2D eigenvalue weighted by molar-refractivity contribution is -0.131. The Balaban J connectivity index is 2.10. The Morgan fingerprint density at radius 3 is 2.71 bits per heavy atom. The second-order valence-electron chi connectivity index (χ2n) is 3.55. The Labute approximate surface area is 83.2 Å². The van der Waals surface area contributed by atoms with Gasteiger partial charge >= 0.3 is 5.97 Å². The standard InChI is InChI=1S/C10H16FNO2/c11-9-4-7-12(8-5-9)6-2-1-3-10(13)14/h1,3,9H,2,4-8H2,(H,13,14)/b3-1+. The molecule has 0 aromatic rings. The van der Waals surface area contributed by atoms with Crippen molar-refractivity contribution in [1.29, 1.82) is 0 Å². The highest BCUT2D eigenvalue weighted by molar-refractivity contribution is 5.79. The van der Waals surface area contributed by atoms with Gasteiger partial charge in [-0.1, -0.05) is 6.08 Å². The topological polar surface area (TPSA) is 40.5 Å². The molecule has 0 aromatic carbocycles. The molecule has 1 heterocycles. The van der Waals surface area contributed by atoms with E-state index in [1.165, 1.54) is 0 Å². The van der Waals surface area contributed by atoms with Crippen molar-refractivity contribution in [1.82, 2.24) is 4.90 Å². The largest absolute Gasteiger partial charge is 0.478 e. The van der Waals surface area contributed by atoms with Crippen LogP contribution in [-0.2, 0) is 4.79 Å².